The number of hydrogen-bond acceptors (Lipinski definition) is 2. The Morgan fingerprint density at radius 3 is 3.07 bits per heavy atom. The lowest BCUT2D eigenvalue weighted by Gasteiger charge is -2.10. The highest BCUT2D eigenvalue weighted by Gasteiger charge is 2.17. The van der Waals surface area contributed by atoms with Gasteiger partial charge in [-0.1, -0.05) is 12.5 Å². The average Bonchev–Trinajstić information content (AvgIpc) is 2.40. The van der Waals surface area contributed by atoms with Gasteiger partial charge in [0.1, 0.15) is 6.67 Å². The van der Waals surface area contributed by atoms with Gasteiger partial charge in [-0.2, -0.15) is 0 Å². The second-order valence-corrected chi connectivity index (χ2v) is 3.74. The van der Waals surface area contributed by atoms with Crippen LogP contribution in [0.25, 0.3) is 0 Å². The summed E-state index contributed by atoms with van der Waals surface area (Å²) in [6, 6.07) is 3.60. The van der Waals surface area contributed by atoms with Crippen molar-refractivity contribution < 1.29 is 9.50 Å². The Kier molecular flexibility index (Phi) is 2.77. The maximum absolute atomic E-state index is 12.4. The van der Waals surface area contributed by atoms with Crippen LogP contribution in [0.1, 0.15) is 42.3 Å². The molecule has 0 spiro atoms. The Hall–Kier alpha value is -0.960. The molecule has 2 rings (SSSR count). The molecule has 0 amide bonds. The summed E-state index contributed by atoms with van der Waals surface area (Å²) in [6.45, 7) is -0.556. The molecule has 0 fully saturated rings. The molecule has 1 heterocycles. The summed E-state index contributed by atoms with van der Waals surface area (Å²) < 4.78 is 12.4. The first kappa shape index (κ1) is 9.59. The van der Waals surface area contributed by atoms with Gasteiger partial charge < -0.3 is 5.11 Å². The predicted molar refractivity (Wildman–Crippen MR) is 51.6 cm³/mol. The molecule has 0 saturated carbocycles. The quantitative estimate of drug-likeness (QED) is 0.697. The molecule has 76 valence electrons. The van der Waals surface area contributed by atoms with Crippen LogP contribution in [0.3, 0.4) is 0 Å². The Bertz CT molecular complexity index is 327. The molecule has 1 atom stereocenters. The van der Waals surface area contributed by atoms with Crippen molar-refractivity contribution in [2.75, 3.05) is 0 Å². The predicted octanol–water partition coefficient (Wildman–Crippen LogP) is 2.31. The van der Waals surface area contributed by atoms with Crippen LogP contribution in [0.4, 0.5) is 4.39 Å². The molecule has 1 aromatic heterocycles. The number of aryl methyl sites for hydroxylation is 1. The van der Waals surface area contributed by atoms with Crippen LogP contribution < -0.4 is 0 Å². The second-order valence-electron chi connectivity index (χ2n) is 3.74. The minimum atomic E-state index is -0.556. The monoisotopic (exact) mass is 195 g/mol. The third-order valence-electron chi connectivity index (χ3n) is 2.70. The normalized spacial score (nSPS) is 21.4. The van der Waals surface area contributed by atoms with E-state index in [4.69, 9.17) is 0 Å². The number of nitrogens with zero attached hydrogens (tertiary/aromatic N) is 1. The molecule has 0 bridgehead atoms. The number of aromatic nitrogens is 1. The van der Waals surface area contributed by atoms with Gasteiger partial charge >= 0.3 is 0 Å². The number of aliphatic hydroxyl groups excluding tert-OH is 1. The van der Waals surface area contributed by atoms with E-state index >= 15 is 0 Å². The third-order valence-corrected chi connectivity index (χ3v) is 2.70. The van der Waals surface area contributed by atoms with E-state index in [0.29, 0.717) is 11.4 Å². The lowest BCUT2D eigenvalue weighted by Crippen LogP contribution is -2.04. The Morgan fingerprint density at radius 2 is 2.29 bits per heavy atom. The SMILES string of the molecule is OC1CCCCc2ccc(CF)nc21. The fraction of sp³-hybridized carbons (Fsp3) is 0.545. The summed E-state index contributed by atoms with van der Waals surface area (Å²) >= 11 is 0. The van der Waals surface area contributed by atoms with E-state index in [1.165, 1.54) is 0 Å². The number of fused-ring (bicyclic) bond motifs is 1. The Morgan fingerprint density at radius 1 is 1.43 bits per heavy atom. The summed E-state index contributed by atoms with van der Waals surface area (Å²) in [7, 11) is 0. The van der Waals surface area contributed by atoms with Gasteiger partial charge in [0.2, 0.25) is 0 Å². The minimum Gasteiger partial charge on any atom is -0.387 e. The van der Waals surface area contributed by atoms with Crippen LogP contribution in [0, 0.1) is 0 Å². The standard InChI is InChI=1S/C11H14FNO/c12-7-9-6-5-8-3-1-2-4-10(14)11(8)13-9/h5-6,10,14H,1-4,7H2. The van der Waals surface area contributed by atoms with Gasteiger partial charge in [0, 0.05) is 0 Å². The molecule has 0 aromatic carbocycles. The summed E-state index contributed by atoms with van der Waals surface area (Å²) in [6.07, 6.45) is 3.30. The number of hydrogen-bond donors (Lipinski definition) is 1. The molecule has 3 heteroatoms. The highest BCUT2D eigenvalue weighted by atomic mass is 19.1. The highest BCUT2D eigenvalue weighted by molar-refractivity contribution is 5.25. The molecule has 0 aliphatic heterocycles. The van der Waals surface area contributed by atoms with E-state index in [-0.39, 0.29) is 0 Å². The number of pyridine rings is 1. The van der Waals surface area contributed by atoms with Crippen molar-refractivity contribution in [3.8, 4) is 0 Å². The molecule has 1 aliphatic rings. The molecule has 0 radical (unpaired) electrons. The van der Waals surface area contributed by atoms with E-state index in [1.807, 2.05) is 6.07 Å². The van der Waals surface area contributed by atoms with Crippen molar-refractivity contribution in [3.63, 3.8) is 0 Å². The van der Waals surface area contributed by atoms with E-state index in [2.05, 4.69) is 4.98 Å². The first-order chi connectivity index (χ1) is 6.81. The van der Waals surface area contributed by atoms with Crippen molar-refractivity contribution in [3.05, 3.63) is 29.1 Å². The third kappa shape index (κ3) is 1.77. The molecular formula is C11H14FNO. The molecule has 2 nitrogen and oxygen atoms in total. The largest absolute Gasteiger partial charge is 0.387 e. The highest BCUT2D eigenvalue weighted by Crippen LogP contribution is 2.27. The minimum absolute atomic E-state index is 0.421. The van der Waals surface area contributed by atoms with Gasteiger partial charge in [0.25, 0.3) is 0 Å². The van der Waals surface area contributed by atoms with Crippen LogP contribution >= 0.6 is 0 Å². The van der Waals surface area contributed by atoms with Crippen molar-refractivity contribution in [1.29, 1.82) is 0 Å². The van der Waals surface area contributed by atoms with Gasteiger partial charge in [-0.15, -0.1) is 0 Å². The smallest absolute Gasteiger partial charge is 0.131 e. The number of aliphatic hydroxyl groups is 1. The van der Waals surface area contributed by atoms with Crippen LogP contribution in [0.2, 0.25) is 0 Å². The first-order valence-corrected chi connectivity index (χ1v) is 5.04. The van der Waals surface area contributed by atoms with E-state index in [1.54, 1.807) is 6.07 Å². The van der Waals surface area contributed by atoms with Gasteiger partial charge in [-0.05, 0) is 30.9 Å². The van der Waals surface area contributed by atoms with Crippen LogP contribution in [-0.2, 0) is 13.1 Å². The fourth-order valence-electron chi connectivity index (χ4n) is 1.91. The van der Waals surface area contributed by atoms with Gasteiger partial charge in [-0.25, -0.2) is 4.39 Å². The molecule has 1 N–H and O–H groups in total. The van der Waals surface area contributed by atoms with Crippen molar-refractivity contribution >= 4 is 0 Å². The van der Waals surface area contributed by atoms with E-state index < -0.39 is 12.8 Å². The lowest BCUT2D eigenvalue weighted by molar-refractivity contribution is 0.161. The summed E-state index contributed by atoms with van der Waals surface area (Å²) in [5.74, 6) is 0. The zero-order chi connectivity index (χ0) is 9.97. The van der Waals surface area contributed by atoms with E-state index in [0.717, 1.165) is 31.2 Å². The molecule has 1 aliphatic carbocycles. The molecule has 1 unspecified atom stereocenters. The molecular weight excluding hydrogens is 181 g/mol. The number of alkyl halides is 1. The van der Waals surface area contributed by atoms with Crippen molar-refractivity contribution in [1.82, 2.24) is 4.98 Å². The fourth-order valence-corrected chi connectivity index (χ4v) is 1.91. The van der Waals surface area contributed by atoms with Crippen molar-refractivity contribution in [2.45, 2.75) is 38.5 Å². The van der Waals surface area contributed by atoms with Crippen molar-refractivity contribution in [2.24, 2.45) is 0 Å². The summed E-state index contributed by atoms with van der Waals surface area (Å²) in [5, 5.41) is 9.78. The Labute approximate surface area is 82.8 Å². The van der Waals surface area contributed by atoms with E-state index in [9.17, 15) is 9.50 Å². The molecule has 1 aromatic rings. The van der Waals surface area contributed by atoms with Crippen LogP contribution in [-0.4, -0.2) is 10.1 Å². The summed E-state index contributed by atoms with van der Waals surface area (Å²) in [4.78, 5) is 4.15. The topological polar surface area (TPSA) is 33.1 Å². The van der Waals surface area contributed by atoms with Gasteiger partial charge in [-0.3, -0.25) is 4.98 Å². The zero-order valence-corrected chi connectivity index (χ0v) is 8.04. The number of halogens is 1. The van der Waals surface area contributed by atoms with Crippen LogP contribution in [0.15, 0.2) is 12.1 Å². The second kappa shape index (κ2) is 4.05. The first-order valence-electron chi connectivity index (χ1n) is 5.04. The maximum Gasteiger partial charge on any atom is 0.131 e. The average molecular weight is 195 g/mol. The van der Waals surface area contributed by atoms with Crippen LogP contribution in [0.5, 0.6) is 0 Å². The zero-order valence-electron chi connectivity index (χ0n) is 8.04. The molecule has 0 saturated heterocycles. The number of rotatable bonds is 1. The lowest BCUT2D eigenvalue weighted by atomic mass is 10.1. The Balaban J connectivity index is 2.39. The van der Waals surface area contributed by atoms with Gasteiger partial charge in [0.05, 0.1) is 17.5 Å². The maximum atomic E-state index is 12.4. The summed E-state index contributed by atoms with van der Waals surface area (Å²) in [5.41, 5.74) is 2.19. The molecule has 14 heavy (non-hydrogen) atoms. The van der Waals surface area contributed by atoms with Gasteiger partial charge in [0.15, 0.2) is 0 Å².